The van der Waals surface area contributed by atoms with Gasteiger partial charge in [-0.15, -0.1) is 0 Å². The highest BCUT2D eigenvalue weighted by Crippen LogP contribution is 2.14. The van der Waals surface area contributed by atoms with E-state index in [1.165, 1.54) is 44.9 Å². The van der Waals surface area contributed by atoms with Gasteiger partial charge in [0.05, 0.1) is 0 Å². The summed E-state index contributed by atoms with van der Waals surface area (Å²) in [7, 11) is 0. The van der Waals surface area contributed by atoms with Crippen LogP contribution in [0.3, 0.4) is 0 Å². The summed E-state index contributed by atoms with van der Waals surface area (Å²) in [5, 5.41) is 0. The molecule has 6 nitrogen and oxygen atoms in total. The first-order valence-electron chi connectivity index (χ1n) is 32.3. The number of allylic oxidation sites excluding steroid dienone is 30. The summed E-state index contributed by atoms with van der Waals surface area (Å²) in [5.74, 6) is -1.00. The van der Waals surface area contributed by atoms with E-state index in [-0.39, 0.29) is 37.5 Å². The van der Waals surface area contributed by atoms with Crippen LogP contribution in [0.1, 0.15) is 252 Å². The Bertz CT molecular complexity index is 1900. The van der Waals surface area contributed by atoms with Crippen molar-refractivity contribution in [1.82, 2.24) is 0 Å². The number of hydrogen-bond donors (Lipinski definition) is 0. The van der Waals surface area contributed by atoms with Gasteiger partial charge in [0.1, 0.15) is 13.2 Å². The minimum Gasteiger partial charge on any atom is -0.462 e. The van der Waals surface area contributed by atoms with Crippen LogP contribution in [-0.2, 0) is 28.6 Å². The Morgan fingerprint density at radius 1 is 0.247 bits per heavy atom. The van der Waals surface area contributed by atoms with E-state index in [4.69, 9.17) is 14.2 Å². The second-order valence-corrected chi connectivity index (χ2v) is 20.5. The fourth-order valence-corrected chi connectivity index (χ4v) is 8.18. The summed E-state index contributed by atoms with van der Waals surface area (Å²) in [6.45, 7) is 6.23. The van der Waals surface area contributed by atoms with Gasteiger partial charge in [-0.1, -0.05) is 267 Å². The molecule has 0 aliphatic carbocycles. The maximum atomic E-state index is 12.9. The van der Waals surface area contributed by atoms with Crippen LogP contribution in [0.25, 0.3) is 0 Å². The molecule has 0 fully saturated rings. The Labute approximate surface area is 497 Å². The molecule has 0 radical (unpaired) electrons. The Balaban J connectivity index is 4.56. The third-order valence-corrected chi connectivity index (χ3v) is 12.9. The van der Waals surface area contributed by atoms with Gasteiger partial charge in [-0.05, 0) is 148 Å². The Kier molecular flexibility index (Phi) is 62.5. The number of hydrogen-bond acceptors (Lipinski definition) is 6. The van der Waals surface area contributed by atoms with Crippen molar-refractivity contribution >= 4 is 17.9 Å². The first-order chi connectivity index (χ1) is 40.0. The minimum absolute atomic E-state index is 0.115. The smallest absolute Gasteiger partial charge is 0.306 e. The van der Waals surface area contributed by atoms with Crippen molar-refractivity contribution in [2.75, 3.05) is 13.2 Å². The van der Waals surface area contributed by atoms with Crippen molar-refractivity contribution in [3.63, 3.8) is 0 Å². The molecule has 452 valence electrons. The van der Waals surface area contributed by atoms with E-state index >= 15 is 0 Å². The molecule has 0 amide bonds. The van der Waals surface area contributed by atoms with Crippen LogP contribution in [0.15, 0.2) is 182 Å². The molecule has 0 aromatic rings. The van der Waals surface area contributed by atoms with Crippen LogP contribution in [-0.4, -0.2) is 37.2 Å². The summed E-state index contributed by atoms with van der Waals surface area (Å²) in [4.78, 5) is 38.4. The Morgan fingerprint density at radius 2 is 0.457 bits per heavy atom. The Hall–Kier alpha value is -5.49. The zero-order valence-corrected chi connectivity index (χ0v) is 51.7. The van der Waals surface area contributed by atoms with Gasteiger partial charge in [0.15, 0.2) is 6.10 Å². The monoisotopic (exact) mass is 1110 g/mol. The van der Waals surface area contributed by atoms with E-state index in [9.17, 15) is 14.4 Å². The maximum Gasteiger partial charge on any atom is 0.306 e. The second-order valence-electron chi connectivity index (χ2n) is 20.5. The van der Waals surface area contributed by atoms with Crippen LogP contribution >= 0.6 is 0 Å². The van der Waals surface area contributed by atoms with E-state index in [2.05, 4.69) is 203 Å². The van der Waals surface area contributed by atoms with Crippen molar-refractivity contribution in [2.24, 2.45) is 0 Å². The molecule has 1 unspecified atom stereocenters. The largest absolute Gasteiger partial charge is 0.462 e. The number of esters is 3. The standard InChI is InChI=1S/C75H116O6/c1-4-7-10-13-16-19-22-25-28-31-33-35-37-39-41-44-47-50-53-56-59-62-65-68-74(77)80-71-72(70-79-73(76)67-64-61-58-55-52-49-46-43-30-27-24-21-18-15-12-9-6-3)81-75(78)69-66-63-60-57-54-51-48-45-42-40-38-36-34-32-29-26-23-20-17-14-11-8-5-2/h7-12,16-21,25-30,33-36,39-42,47,50,56,59,72H,4-6,13-15,22-24,31-32,37-38,43-46,48-49,51-55,57-58,60-71H2,1-3H3/b10-7-,11-8-,12-9-,19-16-,20-17-,21-18-,28-25-,29-26-,30-27-,35-33-,36-34-,41-39-,42-40-,50-47-,59-56-. The highest BCUT2D eigenvalue weighted by atomic mass is 16.6. The molecule has 0 bridgehead atoms. The second kappa shape index (κ2) is 67.0. The Morgan fingerprint density at radius 3 is 0.741 bits per heavy atom. The average molecular weight is 1110 g/mol. The van der Waals surface area contributed by atoms with Gasteiger partial charge in [-0.3, -0.25) is 14.4 Å². The molecule has 0 aromatic carbocycles. The first-order valence-corrected chi connectivity index (χ1v) is 32.3. The molecule has 0 aliphatic rings. The molecule has 0 N–H and O–H groups in total. The van der Waals surface area contributed by atoms with Crippen LogP contribution in [0.4, 0.5) is 0 Å². The van der Waals surface area contributed by atoms with Crippen LogP contribution in [0.2, 0.25) is 0 Å². The molecule has 0 aromatic heterocycles. The lowest BCUT2D eigenvalue weighted by Gasteiger charge is -2.18. The van der Waals surface area contributed by atoms with Gasteiger partial charge in [0.2, 0.25) is 0 Å². The van der Waals surface area contributed by atoms with E-state index < -0.39 is 6.10 Å². The number of ether oxygens (including phenoxy) is 3. The van der Waals surface area contributed by atoms with E-state index in [0.29, 0.717) is 19.3 Å². The van der Waals surface area contributed by atoms with Crippen molar-refractivity contribution in [1.29, 1.82) is 0 Å². The first kappa shape index (κ1) is 75.5. The predicted molar refractivity (Wildman–Crippen MR) is 352 cm³/mol. The fourth-order valence-electron chi connectivity index (χ4n) is 8.18. The van der Waals surface area contributed by atoms with E-state index in [1.54, 1.807) is 0 Å². The topological polar surface area (TPSA) is 78.9 Å². The minimum atomic E-state index is -0.825. The summed E-state index contributed by atoms with van der Waals surface area (Å²) >= 11 is 0. The molecule has 6 heteroatoms. The number of carbonyl (C=O) groups is 3. The van der Waals surface area contributed by atoms with Gasteiger partial charge in [-0.25, -0.2) is 0 Å². The number of carbonyl (C=O) groups excluding carboxylic acids is 3. The molecule has 1 atom stereocenters. The molecule has 0 spiro atoms. The molecule has 0 saturated carbocycles. The molecular formula is C75H116O6. The number of rotatable bonds is 56. The van der Waals surface area contributed by atoms with Crippen LogP contribution < -0.4 is 0 Å². The quantitative estimate of drug-likeness (QED) is 0.0261. The van der Waals surface area contributed by atoms with Crippen molar-refractivity contribution < 1.29 is 28.6 Å². The average Bonchev–Trinajstić information content (AvgIpc) is 3.47. The van der Waals surface area contributed by atoms with Gasteiger partial charge < -0.3 is 14.2 Å². The van der Waals surface area contributed by atoms with Crippen LogP contribution in [0, 0.1) is 0 Å². The fraction of sp³-hybridized carbons (Fsp3) is 0.560. The highest BCUT2D eigenvalue weighted by Gasteiger charge is 2.19. The third kappa shape index (κ3) is 65.2. The molecule has 0 heterocycles. The maximum absolute atomic E-state index is 12.9. The van der Waals surface area contributed by atoms with Gasteiger partial charge in [-0.2, -0.15) is 0 Å². The summed E-state index contributed by atoms with van der Waals surface area (Å²) in [5.41, 5.74) is 0. The van der Waals surface area contributed by atoms with Gasteiger partial charge in [0, 0.05) is 19.3 Å². The zero-order chi connectivity index (χ0) is 58.5. The molecular weight excluding hydrogens is 997 g/mol. The zero-order valence-electron chi connectivity index (χ0n) is 51.7. The van der Waals surface area contributed by atoms with Crippen molar-refractivity contribution in [3.8, 4) is 0 Å². The van der Waals surface area contributed by atoms with Crippen molar-refractivity contribution in [3.05, 3.63) is 182 Å². The van der Waals surface area contributed by atoms with Gasteiger partial charge >= 0.3 is 17.9 Å². The lowest BCUT2D eigenvalue weighted by molar-refractivity contribution is -0.167. The van der Waals surface area contributed by atoms with E-state index in [0.717, 1.165) is 161 Å². The van der Waals surface area contributed by atoms with Crippen molar-refractivity contribution in [2.45, 2.75) is 258 Å². The number of unbranched alkanes of at least 4 members (excludes halogenated alkanes) is 15. The third-order valence-electron chi connectivity index (χ3n) is 12.9. The SMILES string of the molecule is CC/C=C\C/C=C\C/C=C\C/C=C\C/C=C\C/C=C\C/C=C\CCCC(=O)OCC(COC(=O)CCCCCCCCC/C=C\C/C=C\C/C=C\CC)OC(=O)CCCCCCCCC/C=C\C/C=C\C/C=C\C/C=C\C/C=C\CC. The predicted octanol–water partition coefficient (Wildman–Crippen LogP) is 22.4. The molecule has 0 rings (SSSR count). The summed E-state index contributed by atoms with van der Waals surface area (Å²) in [6, 6.07) is 0. The molecule has 0 saturated heterocycles. The summed E-state index contributed by atoms with van der Waals surface area (Å²) < 4.78 is 16.9. The van der Waals surface area contributed by atoms with Crippen LogP contribution in [0.5, 0.6) is 0 Å². The molecule has 81 heavy (non-hydrogen) atoms. The van der Waals surface area contributed by atoms with E-state index in [1.807, 2.05) is 0 Å². The summed E-state index contributed by atoms with van der Waals surface area (Å²) in [6.07, 6.45) is 100. The lowest BCUT2D eigenvalue weighted by atomic mass is 10.1. The highest BCUT2D eigenvalue weighted by molar-refractivity contribution is 5.71. The van der Waals surface area contributed by atoms with Gasteiger partial charge in [0.25, 0.3) is 0 Å². The lowest BCUT2D eigenvalue weighted by Crippen LogP contribution is -2.30. The molecule has 0 aliphatic heterocycles. The normalized spacial score (nSPS) is 13.4.